The minimum Gasteiger partial charge on any atom is -0.421 e. The van der Waals surface area contributed by atoms with Crippen molar-refractivity contribution in [2.45, 2.75) is 27.1 Å². The van der Waals surface area contributed by atoms with Gasteiger partial charge in [-0.3, -0.25) is 9.59 Å². The Kier molecular flexibility index (Phi) is 4.76. The monoisotopic (exact) mass is 172 g/mol. The van der Waals surface area contributed by atoms with Gasteiger partial charge in [0, 0.05) is 13.8 Å². The molecule has 4 nitrogen and oxygen atoms in total. The molecule has 0 aliphatic heterocycles. The summed E-state index contributed by atoms with van der Waals surface area (Å²) in [6.45, 7) is 4.24. The van der Waals surface area contributed by atoms with Crippen LogP contribution in [0.2, 0.25) is 0 Å². The Labute approximate surface area is 71.2 Å². The van der Waals surface area contributed by atoms with E-state index < -0.39 is 18.2 Å². The fourth-order valence-electron chi connectivity index (χ4n) is 0.587. The summed E-state index contributed by atoms with van der Waals surface area (Å²) in [6.07, 6.45) is 2.21. The van der Waals surface area contributed by atoms with Gasteiger partial charge < -0.3 is 9.47 Å². The van der Waals surface area contributed by atoms with Gasteiger partial charge in [0.05, 0.1) is 0 Å². The van der Waals surface area contributed by atoms with Crippen LogP contribution >= 0.6 is 0 Å². The second-order valence-electron chi connectivity index (χ2n) is 2.11. The van der Waals surface area contributed by atoms with Crippen LogP contribution in [0.15, 0.2) is 12.2 Å². The van der Waals surface area contributed by atoms with E-state index in [0.29, 0.717) is 0 Å². The van der Waals surface area contributed by atoms with Crippen LogP contribution < -0.4 is 0 Å². The average Bonchev–Trinajstić information content (AvgIpc) is 1.84. The predicted molar refractivity (Wildman–Crippen MR) is 42.1 cm³/mol. The second-order valence-corrected chi connectivity index (χ2v) is 2.11. The highest BCUT2D eigenvalue weighted by atomic mass is 16.7. The molecule has 0 saturated carbocycles. The van der Waals surface area contributed by atoms with Crippen molar-refractivity contribution >= 4 is 11.9 Å². The Bertz CT molecular complexity index is 179. The molecule has 0 atom stereocenters. The van der Waals surface area contributed by atoms with Crippen LogP contribution in [-0.2, 0) is 19.1 Å². The van der Waals surface area contributed by atoms with Gasteiger partial charge in [0.25, 0.3) is 6.29 Å². The molecule has 0 bridgehead atoms. The smallest absolute Gasteiger partial charge is 0.305 e. The molecule has 0 heterocycles. The SMILES string of the molecule is C/C=C\C(OC(C)=O)OC(C)=O. The number of allylic oxidation sites excluding steroid dienone is 1. The van der Waals surface area contributed by atoms with Gasteiger partial charge in [-0.1, -0.05) is 6.08 Å². The first-order chi connectivity index (χ1) is 5.56. The molecular formula is C8H12O4. The van der Waals surface area contributed by atoms with E-state index in [1.807, 2.05) is 0 Å². The number of hydrogen-bond acceptors (Lipinski definition) is 4. The van der Waals surface area contributed by atoms with E-state index in [4.69, 9.17) is 0 Å². The third-order valence-corrected chi connectivity index (χ3v) is 0.914. The molecule has 0 saturated heterocycles. The summed E-state index contributed by atoms with van der Waals surface area (Å²) in [4.78, 5) is 20.9. The summed E-state index contributed by atoms with van der Waals surface area (Å²) in [6, 6.07) is 0. The van der Waals surface area contributed by atoms with Gasteiger partial charge >= 0.3 is 11.9 Å². The van der Waals surface area contributed by atoms with Crippen LogP contribution in [0.25, 0.3) is 0 Å². The minimum absolute atomic E-state index is 0.487. The summed E-state index contributed by atoms with van der Waals surface area (Å²) in [5.74, 6) is -0.973. The van der Waals surface area contributed by atoms with Crippen molar-refractivity contribution in [3.05, 3.63) is 12.2 Å². The van der Waals surface area contributed by atoms with Crippen LogP contribution in [0.3, 0.4) is 0 Å². The molecule has 0 rings (SSSR count). The molecule has 0 aromatic carbocycles. The largest absolute Gasteiger partial charge is 0.421 e. The molecule has 0 fully saturated rings. The van der Waals surface area contributed by atoms with Gasteiger partial charge in [0.1, 0.15) is 0 Å². The van der Waals surface area contributed by atoms with Crippen molar-refractivity contribution in [3.8, 4) is 0 Å². The van der Waals surface area contributed by atoms with Gasteiger partial charge in [-0.2, -0.15) is 0 Å². The maximum atomic E-state index is 10.5. The van der Waals surface area contributed by atoms with Crippen molar-refractivity contribution < 1.29 is 19.1 Å². The third-order valence-electron chi connectivity index (χ3n) is 0.914. The van der Waals surface area contributed by atoms with E-state index in [-0.39, 0.29) is 0 Å². The van der Waals surface area contributed by atoms with Crippen LogP contribution in [0, 0.1) is 0 Å². The molecule has 0 aromatic heterocycles. The third kappa shape index (κ3) is 5.46. The van der Waals surface area contributed by atoms with Crippen molar-refractivity contribution in [2.75, 3.05) is 0 Å². The van der Waals surface area contributed by atoms with Gasteiger partial charge in [-0.05, 0) is 13.0 Å². The normalized spacial score (nSPS) is 10.3. The Hall–Kier alpha value is -1.32. The highest BCUT2D eigenvalue weighted by Gasteiger charge is 2.09. The van der Waals surface area contributed by atoms with Crippen LogP contribution in [0.4, 0.5) is 0 Å². The molecule has 12 heavy (non-hydrogen) atoms. The molecule has 0 unspecified atom stereocenters. The van der Waals surface area contributed by atoms with Crippen molar-refractivity contribution in [1.82, 2.24) is 0 Å². The highest BCUT2D eigenvalue weighted by molar-refractivity contribution is 5.68. The standard InChI is InChI=1S/C8H12O4/c1-4-5-8(11-6(2)9)12-7(3)10/h4-5,8H,1-3H3/b5-4-. The lowest BCUT2D eigenvalue weighted by Gasteiger charge is -2.11. The lowest BCUT2D eigenvalue weighted by Crippen LogP contribution is -2.19. The summed E-state index contributed by atoms with van der Waals surface area (Å²) in [5.41, 5.74) is 0. The van der Waals surface area contributed by atoms with E-state index in [2.05, 4.69) is 9.47 Å². The Balaban J connectivity index is 4.03. The van der Waals surface area contributed by atoms with Crippen molar-refractivity contribution in [3.63, 3.8) is 0 Å². The topological polar surface area (TPSA) is 52.6 Å². The molecule has 0 spiro atoms. The molecule has 4 heteroatoms. The van der Waals surface area contributed by atoms with E-state index in [0.717, 1.165) is 0 Å². The summed E-state index contributed by atoms with van der Waals surface area (Å²) in [7, 11) is 0. The number of carbonyl (C=O) groups is 2. The first-order valence-electron chi connectivity index (χ1n) is 3.53. The van der Waals surface area contributed by atoms with E-state index >= 15 is 0 Å². The molecule has 0 radical (unpaired) electrons. The number of carbonyl (C=O) groups excluding carboxylic acids is 2. The maximum absolute atomic E-state index is 10.5. The number of rotatable bonds is 3. The van der Waals surface area contributed by atoms with Crippen molar-refractivity contribution in [1.29, 1.82) is 0 Å². The zero-order chi connectivity index (χ0) is 9.56. The number of esters is 2. The lowest BCUT2D eigenvalue weighted by molar-refractivity contribution is -0.176. The van der Waals surface area contributed by atoms with Gasteiger partial charge in [0.2, 0.25) is 0 Å². The predicted octanol–water partition coefficient (Wildman–Crippen LogP) is 1.01. The summed E-state index contributed by atoms with van der Waals surface area (Å²) in [5, 5.41) is 0. The maximum Gasteiger partial charge on any atom is 0.305 e. The van der Waals surface area contributed by atoms with E-state index in [1.54, 1.807) is 13.0 Å². The average molecular weight is 172 g/mol. The zero-order valence-corrected chi connectivity index (χ0v) is 7.37. The Morgan fingerprint density at radius 2 is 1.58 bits per heavy atom. The van der Waals surface area contributed by atoms with E-state index in [1.165, 1.54) is 19.9 Å². The number of ether oxygens (including phenoxy) is 2. The zero-order valence-electron chi connectivity index (χ0n) is 7.37. The quantitative estimate of drug-likeness (QED) is 0.362. The summed E-state index contributed by atoms with van der Waals surface area (Å²) >= 11 is 0. The van der Waals surface area contributed by atoms with Gasteiger partial charge in [0.15, 0.2) is 0 Å². The fraction of sp³-hybridized carbons (Fsp3) is 0.500. The van der Waals surface area contributed by atoms with Gasteiger partial charge in [-0.25, -0.2) is 0 Å². The minimum atomic E-state index is -0.898. The molecule has 0 N–H and O–H groups in total. The van der Waals surface area contributed by atoms with Crippen LogP contribution in [0.5, 0.6) is 0 Å². The van der Waals surface area contributed by atoms with Crippen LogP contribution in [-0.4, -0.2) is 18.2 Å². The highest BCUT2D eigenvalue weighted by Crippen LogP contribution is 1.98. The first-order valence-corrected chi connectivity index (χ1v) is 3.53. The molecule has 0 aromatic rings. The Morgan fingerprint density at radius 1 is 1.17 bits per heavy atom. The molecule has 0 aliphatic carbocycles. The molecular weight excluding hydrogens is 160 g/mol. The molecule has 68 valence electrons. The lowest BCUT2D eigenvalue weighted by atomic mass is 10.5. The van der Waals surface area contributed by atoms with E-state index in [9.17, 15) is 9.59 Å². The molecule has 0 aliphatic rings. The summed E-state index contributed by atoms with van der Waals surface area (Å²) < 4.78 is 9.27. The van der Waals surface area contributed by atoms with Crippen LogP contribution in [0.1, 0.15) is 20.8 Å². The first kappa shape index (κ1) is 10.7. The molecule has 0 amide bonds. The number of hydrogen-bond donors (Lipinski definition) is 0. The van der Waals surface area contributed by atoms with Crippen molar-refractivity contribution in [2.24, 2.45) is 0 Å². The Morgan fingerprint density at radius 3 is 1.83 bits per heavy atom. The fourth-order valence-corrected chi connectivity index (χ4v) is 0.587. The van der Waals surface area contributed by atoms with Gasteiger partial charge in [-0.15, -0.1) is 0 Å². The second kappa shape index (κ2) is 5.35.